The third kappa shape index (κ3) is 5.87. The van der Waals surface area contributed by atoms with E-state index in [4.69, 9.17) is 4.74 Å². The van der Waals surface area contributed by atoms with Crippen LogP contribution in [0.4, 0.5) is 0 Å². The molecule has 2 aromatic rings. The highest BCUT2D eigenvalue weighted by atomic mass is 16.5. The average molecular weight is 399 g/mol. The van der Waals surface area contributed by atoms with Gasteiger partial charge in [-0.2, -0.15) is 5.10 Å². The summed E-state index contributed by atoms with van der Waals surface area (Å²) in [5.41, 5.74) is 1.54. The SMILES string of the molecule is CCCO[C@H]1C[C@@H](C(=O)NCc2cnn(C)c2)CC[C@@H]1NC(=O)c1ccncc1. The number of hydrogen-bond acceptors (Lipinski definition) is 5. The molecule has 2 N–H and O–H groups in total. The van der Waals surface area contributed by atoms with Crippen molar-refractivity contribution in [1.29, 1.82) is 0 Å². The quantitative estimate of drug-likeness (QED) is 0.706. The molecule has 1 fully saturated rings. The molecule has 2 amide bonds. The summed E-state index contributed by atoms with van der Waals surface area (Å²) >= 11 is 0. The molecule has 1 aliphatic carbocycles. The second-order valence-corrected chi connectivity index (χ2v) is 7.48. The Balaban J connectivity index is 1.57. The Labute approximate surface area is 171 Å². The average Bonchev–Trinajstić information content (AvgIpc) is 3.17. The van der Waals surface area contributed by atoms with Crippen LogP contribution in [0.15, 0.2) is 36.9 Å². The van der Waals surface area contributed by atoms with E-state index in [0.717, 1.165) is 12.0 Å². The minimum Gasteiger partial charge on any atom is -0.376 e. The minimum absolute atomic E-state index is 0.0258. The molecule has 0 saturated heterocycles. The molecular weight excluding hydrogens is 370 g/mol. The number of pyridine rings is 1. The van der Waals surface area contributed by atoms with Gasteiger partial charge in [0, 0.05) is 55.8 Å². The molecule has 0 unspecified atom stereocenters. The first-order valence-electron chi connectivity index (χ1n) is 10.1. The summed E-state index contributed by atoms with van der Waals surface area (Å²) in [5.74, 6) is -0.234. The van der Waals surface area contributed by atoms with Gasteiger partial charge < -0.3 is 15.4 Å². The maximum Gasteiger partial charge on any atom is 0.251 e. The maximum absolute atomic E-state index is 12.7. The van der Waals surface area contributed by atoms with Crippen LogP contribution in [0.3, 0.4) is 0 Å². The number of aromatic nitrogens is 3. The van der Waals surface area contributed by atoms with E-state index in [1.54, 1.807) is 35.4 Å². The first-order valence-corrected chi connectivity index (χ1v) is 10.1. The molecule has 8 heteroatoms. The molecule has 3 atom stereocenters. The van der Waals surface area contributed by atoms with Gasteiger partial charge in [0.15, 0.2) is 0 Å². The minimum atomic E-state index is -0.177. The Bertz CT molecular complexity index is 808. The zero-order valence-corrected chi connectivity index (χ0v) is 17.0. The highest BCUT2D eigenvalue weighted by molar-refractivity contribution is 5.94. The molecule has 8 nitrogen and oxygen atoms in total. The smallest absolute Gasteiger partial charge is 0.251 e. The number of amides is 2. The van der Waals surface area contributed by atoms with Crippen LogP contribution in [0, 0.1) is 5.92 Å². The van der Waals surface area contributed by atoms with Crippen LogP contribution in [-0.2, 0) is 23.1 Å². The first-order chi connectivity index (χ1) is 14.1. The molecule has 1 saturated carbocycles. The Morgan fingerprint density at radius 3 is 2.76 bits per heavy atom. The standard InChI is InChI=1S/C21H29N5O3/c1-3-10-29-19-11-17(20(27)23-12-15-13-24-26(2)14-15)4-5-18(19)25-21(28)16-6-8-22-9-7-16/h6-9,13-14,17-19H,3-5,10-12H2,1-2H3,(H,23,27)(H,25,28)/t17-,18-,19-/m0/s1. The van der Waals surface area contributed by atoms with Crippen molar-refractivity contribution < 1.29 is 14.3 Å². The normalized spacial score (nSPS) is 21.5. The Morgan fingerprint density at radius 1 is 1.28 bits per heavy atom. The van der Waals surface area contributed by atoms with Gasteiger partial charge >= 0.3 is 0 Å². The van der Waals surface area contributed by atoms with E-state index in [9.17, 15) is 9.59 Å². The van der Waals surface area contributed by atoms with Crippen LogP contribution in [0.1, 0.15) is 48.5 Å². The number of carbonyl (C=O) groups excluding carboxylic acids is 2. The van der Waals surface area contributed by atoms with Crippen molar-refractivity contribution in [2.75, 3.05) is 6.61 Å². The predicted octanol–water partition coefficient (Wildman–Crippen LogP) is 1.83. The van der Waals surface area contributed by atoms with Gasteiger partial charge in [-0.05, 0) is 37.8 Å². The summed E-state index contributed by atoms with van der Waals surface area (Å²) in [7, 11) is 1.85. The molecule has 2 aromatic heterocycles. The van der Waals surface area contributed by atoms with E-state index in [0.29, 0.717) is 38.0 Å². The molecule has 3 rings (SSSR count). The van der Waals surface area contributed by atoms with E-state index in [2.05, 4.69) is 20.7 Å². The first kappa shape index (κ1) is 21.0. The van der Waals surface area contributed by atoms with Crippen molar-refractivity contribution in [2.45, 2.75) is 51.3 Å². The van der Waals surface area contributed by atoms with Crippen molar-refractivity contribution in [3.8, 4) is 0 Å². The number of aryl methyl sites for hydroxylation is 1. The van der Waals surface area contributed by atoms with Crippen LogP contribution in [-0.4, -0.2) is 45.3 Å². The van der Waals surface area contributed by atoms with Gasteiger partial charge in [-0.15, -0.1) is 0 Å². The fourth-order valence-corrected chi connectivity index (χ4v) is 3.64. The second kappa shape index (κ2) is 10.2. The van der Waals surface area contributed by atoms with Gasteiger partial charge in [0.25, 0.3) is 5.91 Å². The second-order valence-electron chi connectivity index (χ2n) is 7.48. The van der Waals surface area contributed by atoms with Gasteiger partial charge in [-0.25, -0.2) is 0 Å². The van der Waals surface area contributed by atoms with Crippen molar-refractivity contribution in [3.63, 3.8) is 0 Å². The number of rotatable bonds is 8. The molecule has 0 radical (unpaired) electrons. The van der Waals surface area contributed by atoms with Crippen molar-refractivity contribution in [2.24, 2.45) is 13.0 Å². The largest absolute Gasteiger partial charge is 0.376 e. The van der Waals surface area contributed by atoms with Crippen LogP contribution >= 0.6 is 0 Å². The van der Waals surface area contributed by atoms with Crippen LogP contribution in [0.2, 0.25) is 0 Å². The zero-order valence-electron chi connectivity index (χ0n) is 17.0. The predicted molar refractivity (Wildman–Crippen MR) is 108 cm³/mol. The Kier molecular flexibility index (Phi) is 7.35. The van der Waals surface area contributed by atoms with Crippen LogP contribution < -0.4 is 10.6 Å². The number of ether oxygens (including phenoxy) is 1. The van der Waals surface area contributed by atoms with Gasteiger partial charge in [-0.3, -0.25) is 19.3 Å². The lowest BCUT2D eigenvalue weighted by atomic mass is 9.83. The third-order valence-electron chi connectivity index (χ3n) is 5.18. The Hall–Kier alpha value is -2.74. The monoisotopic (exact) mass is 399 g/mol. The molecule has 0 spiro atoms. The third-order valence-corrected chi connectivity index (χ3v) is 5.18. The van der Waals surface area contributed by atoms with E-state index < -0.39 is 0 Å². The summed E-state index contributed by atoms with van der Waals surface area (Å²) in [6, 6.07) is 3.27. The molecule has 1 aliphatic rings. The fourth-order valence-electron chi connectivity index (χ4n) is 3.64. The topological polar surface area (TPSA) is 98.1 Å². The summed E-state index contributed by atoms with van der Waals surface area (Å²) in [5, 5.41) is 10.2. The summed E-state index contributed by atoms with van der Waals surface area (Å²) < 4.78 is 7.72. The van der Waals surface area contributed by atoms with Crippen LogP contribution in [0.5, 0.6) is 0 Å². The van der Waals surface area contributed by atoms with Crippen molar-refractivity contribution >= 4 is 11.8 Å². The van der Waals surface area contributed by atoms with Gasteiger partial charge in [0.05, 0.1) is 18.3 Å². The summed E-state index contributed by atoms with van der Waals surface area (Å²) in [6.07, 6.45) is 9.57. The number of carbonyl (C=O) groups is 2. The zero-order chi connectivity index (χ0) is 20.6. The number of nitrogens with one attached hydrogen (secondary N) is 2. The molecular formula is C21H29N5O3. The maximum atomic E-state index is 12.7. The van der Waals surface area contributed by atoms with E-state index in [1.807, 2.05) is 20.2 Å². The molecule has 29 heavy (non-hydrogen) atoms. The van der Waals surface area contributed by atoms with Crippen LogP contribution in [0.25, 0.3) is 0 Å². The van der Waals surface area contributed by atoms with Crippen molar-refractivity contribution in [1.82, 2.24) is 25.4 Å². The number of nitrogens with zero attached hydrogens (tertiary/aromatic N) is 3. The van der Waals surface area contributed by atoms with Gasteiger partial charge in [-0.1, -0.05) is 6.92 Å². The molecule has 156 valence electrons. The highest BCUT2D eigenvalue weighted by Gasteiger charge is 2.35. The lowest BCUT2D eigenvalue weighted by Crippen LogP contribution is -2.50. The molecule has 2 heterocycles. The van der Waals surface area contributed by atoms with E-state index in [-0.39, 0.29) is 29.9 Å². The highest BCUT2D eigenvalue weighted by Crippen LogP contribution is 2.28. The molecule has 0 aromatic carbocycles. The summed E-state index contributed by atoms with van der Waals surface area (Å²) in [4.78, 5) is 29.1. The lowest BCUT2D eigenvalue weighted by molar-refractivity contribution is -0.128. The van der Waals surface area contributed by atoms with Gasteiger partial charge in [0.2, 0.25) is 5.91 Å². The van der Waals surface area contributed by atoms with E-state index >= 15 is 0 Å². The molecule has 0 aliphatic heterocycles. The molecule has 0 bridgehead atoms. The van der Waals surface area contributed by atoms with Crippen molar-refractivity contribution in [3.05, 3.63) is 48.0 Å². The Morgan fingerprint density at radius 2 is 2.07 bits per heavy atom. The summed E-state index contributed by atoms with van der Waals surface area (Å²) in [6.45, 7) is 3.12. The fraction of sp³-hybridized carbons (Fsp3) is 0.524. The van der Waals surface area contributed by atoms with E-state index in [1.165, 1.54) is 0 Å². The van der Waals surface area contributed by atoms with Gasteiger partial charge in [0.1, 0.15) is 0 Å². The number of hydrogen-bond donors (Lipinski definition) is 2. The lowest BCUT2D eigenvalue weighted by Gasteiger charge is -2.36.